The van der Waals surface area contributed by atoms with Crippen LogP contribution in [0.4, 0.5) is 0 Å². The lowest BCUT2D eigenvalue weighted by atomic mass is 9.91. The van der Waals surface area contributed by atoms with Crippen molar-refractivity contribution >= 4 is 17.2 Å². The molecule has 4 nitrogen and oxygen atoms in total. The fraction of sp³-hybridized carbons (Fsp3) is 0.444. The number of amides is 1. The molecule has 1 aliphatic rings. The van der Waals surface area contributed by atoms with Gasteiger partial charge in [0.1, 0.15) is 5.01 Å². The lowest BCUT2D eigenvalue weighted by Gasteiger charge is -2.28. The Bertz CT molecular complexity index is 665. The number of carbonyl (C=O) groups excluding carboxylic acids is 1. The summed E-state index contributed by atoms with van der Waals surface area (Å²) in [6.07, 6.45) is 2.03. The van der Waals surface area contributed by atoms with Crippen LogP contribution in [0, 0.1) is 12.8 Å². The smallest absolute Gasteiger partial charge is 0.225 e. The van der Waals surface area contributed by atoms with Crippen LogP contribution >= 0.6 is 11.3 Å². The zero-order valence-corrected chi connectivity index (χ0v) is 14.5. The van der Waals surface area contributed by atoms with E-state index in [4.69, 9.17) is 0 Å². The maximum absolute atomic E-state index is 12.3. The molecule has 2 atom stereocenters. The second-order valence-corrected chi connectivity index (χ2v) is 7.14. The van der Waals surface area contributed by atoms with Crippen molar-refractivity contribution in [2.45, 2.75) is 39.3 Å². The molecule has 0 bridgehead atoms. The maximum Gasteiger partial charge on any atom is 0.225 e. The Morgan fingerprint density at radius 2 is 2.17 bits per heavy atom. The predicted molar refractivity (Wildman–Crippen MR) is 94.3 cm³/mol. The standard InChI is InChI=1S/C18H23N3OS/c1-12-5-7-14(8-6-12)16-11-23-17(21-16)10-20-18(22)15-4-3-9-19-13(15)2/h5-8,11,13,15,19H,3-4,9-10H2,1-2H3,(H,20,22)/t13-,15-/m0/s1. The van der Waals surface area contributed by atoms with Crippen LogP contribution in [0.1, 0.15) is 30.3 Å². The van der Waals surface area contributed by atoms with E-state index in [1.807, 2.05) is 0 Å². The van der Waals surface area contributed by atoms with Crippen molar-refractivity contribution < 1.29 is 4.79 Å². The number of thiazole rings is 1. The van der Waals surface area contributed by atoms with Gasteiger partial charge in [-0.25, -0.2) is 4.98 Å². The van der Waals surface area contributed by atoms with Crippen molar-refractivity contribution in [3.63, 3.8) is 0 Å². The Labute approximate surface area is 141 Å². The fourth-order valence-corrected chi connectivity index (χ4v) is 3.69. The van der Waals surface area contributed by atoms with Gasteiger partial charge in [-0.1, -0.05) is 29.8 Å². The van der Waals surface area contributed by atoms with E-state index in [1.165, 1.54) is 5.56 Å². The second kappa shape index (κ2) is 7.23. The van der Waals surface area contributed by atoms with Crippen molar-refractivity contribution in [1.29, 1.82) is 0 Å². The summed E-state index contributed by atoms with van der Waals surface area (Å²) in [6.45, 7) is 5.69. The number of rotatable bonds is 4. The van der Waals surface area contributed by atoms with E-state index < -0.39 is 0 Å². The van der Waals surface area contributed by atoms with E-state index in [-0.39, 0.29) is 17.9 Å². The summed E-state index contributed by atoms with van der Waals surface area (Å²) >= 11 is 1.60. The van der Waals surface area contributed by atoms with Crippen LogP contribution in [0.3, 0.4) is 0 Å². The van der Waals surface area contributed by atoms with Gasteiger partial charge in [0.2, 0.25) is 5.91 Å². The molecule has 122 valence electrons. The van der Waals surface area contributed by atoms with Crippen LogP contribution in [-0.2, 0) is 11.3 Å². The van der Waals surface area contributed by atoms with Gasteiger partial charge < -0.3 is 10.6 Å². The first-order valence-electron chi connectivity index (χ1n) is 8.16. The SMILES string of the molecule is Cc1ccc(-c2csc(CNC(=O)[C@H]3CCCN[C@H]3C)n2)cc1. The van der Waals surface area contributed by atoms with Gasteiger partial charge in [-0.3, -0.25) is 4.79 Å². The van der Waals surface area contributed by atoms with Crippen molar-refractivity contribution in [1.82, 2.24) is 15.6 Å². The van der Waals surface area contributed by atoms with Gasteiger partial charge in [0.15, 0.2) is 0 Å². The highest BCUT2D eigenvalue weighted by Crippen LogP contribution is 2.22. The summed E-state index contributed by atoms with van der Waals surface area (Å²) in [6, 6.07) is 8.61. The van der Waals surface area contributed by atoms with E-state index >= 15 is 0 Å². The topological polar surface area (TPSA) is 54.0 Å². The van der Waals surface area contributed by atoms with Gasteiger partial charge in [-0.15, -0.1) is 11.3 Å². The Hall–Kier alpha value is -1.72. The van der Waals surface area contributed by atoms with Gasteiger partial charge >= 0.3 is 0 Å². The predicted octanol–water partition coefficient (Wildman–Crippen LogP) is 3.12. The number of piperidine rings is 1. The molecule has 1 fully saturated rings. The highest BCUT2D eigenvalue weighted by Gasteiger charge is 2.27. The number of nitrogens with zero attached hydrogens (tertiary/aromatic N) is 1. The van der Waals surface area contributed by atoms with Crippen LogP contribution in [0.2, 0.25) is 0 Å². The Kier molecular flexibility index (Phi) is 5.08. The summed E-state index contributed by atoms with van der Waals surface area (Å²) in [5.74, 6) is 0.206. The molecule has 0 unspecified atom stereocenters. The Morgan fingerprint density at radius 3 is 2.91 bits per heavy atom. The summed E-state index contributed by atoms with van der Waals surface area (Å²) in [7, 11) is 0. The highest BCUT2D eigenvalue weighted by molar-refractivity contribution is 7.09. The molecule has 2 aromatic rings. The number of aromatic nitrogens is 1. The molecule has 1 aromatic heterocycles. The molecule has 3 rings (SSSR count). The summed E-state index contributed by atoms with van der Waals surface area (Å²) in [5, 5.41) is 9.41. The highest BCUT2D eigenvalue weighted by atomic mass is 32.1. The lowest BCUT2D eigenvalue weighted by molar-refractivity contribution is -0.126. The zero-order valence-electron chi connectivity index (χ0n) is 13.6. The van der Waals surface area contributed by atoms with Crippen LogP contribution in [0.15, 0.2) is 29.6 Å². The average Bonchev–Trinajstić information content (AvgIpc) is 3.03. The number of carbonyl (C=O) groups is 1. The molecule has 1 aliphatic heterocycles. The normalized spacial score (nSPS) is 21.1. The van der Waals surface area contributed by atoms with E-state index in [0.717, 1.165) is 35.7 Å². The summed E-state index contributed by atoms with van der Waals surface area (Å²) < 4.78 is 0. The minimum Gasteiger partial charge on any atom is -0.349 e. The molecule has 0 saturated carbocycles. The number of hydrogen-bond acceptors (Lipinski definition) is 4. The third-order valence-corrected chi connectivity index (χ3v) is 5.26. The Morgan fingerprint density at radius 1 is 1.39 bits per heavy atom. The molecule has 1 aromatic carbocycles. The number of benzene rings is 1. The summed E-state index contributed by atoms with van der Waals surface area (Å²) in [4.78, 5) is 17.0. The number of hydrogen-bond donors (Lipinski definition) is 2. The first kappa shape index (κ1) is 16.1. The molecule has 1 saturated heterocycles. The van der Waals surface area contributed by atoms with Crippen LogP contribution < -0.4 is 10.6 Å². The number of nitrogens with one attached hydrogen (secondary N) is 2. The van der Waals surface area contributed by atoms with E-state index in [2.05, 4.69) is 59.1 Å². The third kappa shape index (κ3) is 3.98. The molecule has 0 spiro atoms. The molecular formula is C18H23N3OS. The first-order chi connectivity index (χ1) is 11.1. The monoisotopic (exact) mass is 329 g/mol. The third-order valence-electron chi connectivity index (χ3n) is 4.41. The first-order valence-corrected chi connectivity index (χ1v) is 9.04. The molecular weight excluding hydrogens is 306 g/mol. The number of aryl methyl sites for hydroxylation is 1. The quantitative estimate of drug-likeness (QED) is 0.906. The average molecular weight is 329 g/mol. The molecule has 1 amide bonds. The molecule has 5 heteroatoms. The molecule has 0 radical (unpaired) electrons. The van der Waals surface area contributed by atoms with Gasteiger partial charge in [-0.05, 0) is 33.2 Å². The van der Waals surface area contributed by atoms with Crippen LogP contribution in [0.25, 0.3) is 11.3 Å². The van der Waals surface area contributed by atoms with E-state index in [1.54, 1.807) is 11.3 Å². The molecule has 0 aliphatic carbocycles. The van der Waals surface area contributed by atoms with Crippen LogP contribution in [0.5, 0.6) is 0 Å². The lowest BCUT2D eigenvalue weighted by Crippen LogP contribution is -2.46. The van der Waals surface area contributed by atoms with E-state index in [9.17, 15) is 4.79 Å². The fourth-order valence-electron chi connectivity index (χ4n) is 2.94. The largest absolute Gasteiger partial charge is 0.349 e. The minimum atomic E-state index is 0.0697. The summed E-state index contributed by atoms with van der Waals surface area (Å²) in [5.41, 5.74) is 3.34. The van der Waals surface area contributed by atoms with Gasteiger partial charge in [0.05, 0.1) is 18.2 Å². The minimum absolute atomic E-state index is 0.0697. The molecule has 23 heavy (non-hydrogen) atoms. The van der Waals surface area contributed by atoms with Crippen molar-refractivity contribution in [2.75, 3.05) is 6.54 Å². The van der Waals surface area contributed by atoms with Gasteiger partial charge in [0, 0.05) is 17.0 Å². The van der Waals surface area contributed by atoms with E-state index in [0.29, 0.717) is 6.54 Å². The Balaban J connectivity index is 1.58. The molecule has 2 heterocycles. The second-order valence-electron chi connectivity index (χ2n) is 6.20. The van der Waals surface area contributed by atoms with Crippen molar-refractivity contribution in [3.05, 3.63) is 40.2 Å². The van der Waals surface area contributed by atoms with Crippen molar-refractivity contribution in [3.8, 4) is 11.3 Å². The maximum atomic E-state index is 12.3. The van der Waals surface area contributed by atoms with Crippen LogP contribution in [-0.4, -0.2) is 23.5 Å². The van der Waals surface area contributed by atoms with Gasteiger partial charge in [-0.2, -0.15) is 0 Å². The zero-order chi connectivity index (χ0) is 16.2. The van der Waals surface area contributed by atoms with Crippen molar-refractivity contribution in [2.24, 2.45) is 5.92 Å². The van der Waals surface area contributed by atoms with Gasteiger partial charge in [0.25, 0.3) is 0 Å². The molecule has 2 N–H and O–H groups in total.